The number of nitrogens with zero attached hydrogens (tertiary/aromatic N) is 1. The van der Waals surface area contributed by atoms with E-state index in [0.717, 1.165) is 25.7 Å². The minimum Gasteiger partial charge on any atom is -0.481 e. The Kier molecular flexibility index (Phi) is 5.42. The molecule has 1 aromatic rings. The highest BCUT2D eigenvalue weighted by Gasteiger charge is 2.43. The van der Waals surface area contributed by atoms with Gasteiger partial charge in [0.2, 0.25) is 0 Å². The highest BCUT2D eigenvalue weighted by molar-refractivity contribution is 5.95. The topological polar surface area (TPSA) is 66.8 Å². The molecular formula is C20H27NO4. The molecule has 0 saturated carbocycles. The number of likely N-dealkylation sites (tertiary alicyclic amines) is 1. The summed E-state index contributed by atoms with van der Waals surface area (Å²) in [5.74, 6) is -0.832. The predicted molar refractivity (Wildman–Crippen MR) is 94.8 cm³/mol. The van der Waals surface area contributed by atoms with Crippen LogP contribution in [0, 0.1) is 5.41 Å². The van der Waals surface area contributed by atoms with Crippen molar-refractivity contribution in [1.82, 2.24) is 4.90 Å². The number of amides is 1. The summed E-state index contributed by atoms with van der Waals surface area (Å²) < 4.78 is 5.07. The summed E-state index contributed by atoms with van der Waals surface area (Å²) in [6.45, 7) is 1.48. The lowest BCUT2D eigenvalue weighted by atomic mass is 9.76. The molecule has 2 aliphatic rings. The lowest BCUT2D eigenvalue weighted by molar-refractivity contribution is -0.152. The number of carboxylic acid groups (broad SMARTS) is 1. The van der Waals surface area contributed by atoms with Crippen LogP contribution in [0.15, 0.2) is 18.2 Å². The smallest absolute Gasteiger partial charge is 0.311 e. The summed E-state index contributed by atoms with van der Waals surface area (Å²) in [6, 6.07) is 5.96. The van der Waals surface area contributed by atoms with Crippen molar-refractivity contribution in [2.24, 2.45) is 5.41 Å². The maximum atomic E-state index is 12.9. The maximum absolute atomic E-state index is 12.9. The zero-order valence-corrected chi connectivity index (χ0v) is 14.9. The molecule has 1 atom stereocenters. The fraction of sp³-hybridized carbons (Fsp3) is 0.600. The largest absolute Gasteiger partial charge is 0.481 e. The van der Waals surface area contributed by atoms with Crippen LogP contribution >= 0.6 is 0 Å². The predicted octanol–water partition coefficient (Wildman–Crippen LogP) is 2.91. The van der Waals surface area contributed by atoms with Crippen molar-refractivity contribution in [2.75, 3.05) is 26.8 Å². The number of ether oxygens (including phenoxy) is 1. The van der Waals surface area contributed by atoms with Gasteiger partial charge in [0.05, 0.1) is 5.41 Å². The Hall–Kier alpha value is -1.88. The van der Waals surface area contributed by atoms with E-state index in [9.17, 15) is 14.7 Å². The average molecular weight is 345 g/mol. The average Bonchev–Trinajstić information content (AvgIpc) is 3.09. The van der Waals surface area contributed by atoms with Gasteiger partial charge < -0.3 is 14.7 Å². The fourth-order valence-electron chi connectivity index (χ4n) is 4.23. The summed E-state index contributed by atoms with van der Waals surface area (Å²) >= 11 is 0. The van der Waals surface area contributed by atoms with Crippen LogP contribution in [0.5, 0.6) is 0 Å². The van der Waals surface area contributed by atoms with E-state index < -0.39 is 11.4 Å². The molecule has 5 heteroatoms. The molecule has 1 aliphatic heterocycles. The molecule has 5 nitrogen and oxygen atoms in total. The SMILES string of the molecule is COCCCC1(C(=O)O)CCCN(C(=O)c2ccc3c(c2)CCC3)C1. The number of carbonyl (C=O) groups excluding carboxylic acids is 1. The molecular weight excluding hydrogens is 318 g/mol. The van der Waals surface area contributed by atoms with Crippen molar-refractivity contribution in [2.45, 2.75) is 44.9 Å². The maximum Gasteiger partial charge on any atom is 0.311 e. The molecule has 1 amide bonds. The lowest BCUT2D eigenvalue weighted by Gasteiger charge is -2.40. The van der Waals surface area contributed by atoms with Gasteiger partial charge in [-0.25, -0.2) is 0 Å². The number of methoxy groups -OCH3 is 1. The molecule has 0 radical (unpaired) electrons. The first-order valence-electron chi connectivity index (χ1n) is 9.19. The number of benzene rings is 1. The summed E-state index contributed by atoms with van der Waals surface area (Å²) in [5.41, 5.74) is 2.46. The summed E-state index contributed by atoms with van der Waals surface area (Å²) in [5, 5.41) is 9.81. The van der Waals surface area contributed by atoms with Crippen molar-refractivity contribution in [3.05, 3.63) is 34.9 Å². The second-order valence-corrected chi connectivity index (χ2v) is 7.35. The highest BCUT2D eigenvalue weighted by Crippen LogP contribution is 2.36. The molecule has 1 fully saturated rings. The first kappa shape index (κ1) is 17.9. The van der Waals surface area contributed by atoms with E-state index in [4.69, 9.17) is 4.74 Å². The molecule has 1 saturated heterocycles. The number of hydrogen-bond donors (Lipinski definition) is 1. The van der Waals surface area contributed by atoms with Crippen molar-refractivity contribution >= 4 is 11.9 Å². The van der Waals surface area contributed by atoms with E-state index in [-0.39, 0.29) is 5.91 Å². The number of carbonyl (C=O) groups is 2. The second-order valence-electron chi connectivity index (χ2n) is 7.35. The van der Waals surface area contributed by atoms with Gasteiger partial charge in [0, 0.05) is 32.4 Å². The molecule has 0 bridgehead atoms. The van der Waals surface area contributed by atoms with Crippen LogP contribution in [0.25, 0.3) is 0 Å². The van der Waals surface area contributed by atoms with Gasteiger partial charge in [0.25, 0.3) is 5.91 Å². The Morgan fingerprint density at radius 2 is 2.04 bits per heavy atom. The van der Waals surface area contributed by atoms with Gasteiger partial charge in [0.1, 0.15) is 0 Å². The molecule has 3 rings (SSSR count). The number of rotatable bonds is 6. The van der Waals surface area contributed by atoms with Gasteiger partial charge >= 0.3 is 5.97 Å². The minimum absolute atomic E-state index is 0.0354. The van der Waals surface area contributed by atoms with E-state index in [1.54, 1.807) is 12.0 Å². The third-order valence-corrected chi connectivity index (χ3v) is 5.67. The molecule has 0 aromatic heterocycles. The Morgan fingerprint density at radius 1 is 1.24 bits per heavy atom. The van der Waals surface area contributed by atoms with Crippen LogP contribution in [0.4, 0.5) is 0 Å². The second kappa shape index (κ2) is 7.56. The number of hydrogen-bond acceptors (Lipinski definition) is 3. The van der Waals surface area contributed by atoms with Crippen LogP contribution in [-0.4, -0.2) is 48.7 Å². The summed E-state index contributed by atoms with van der Waals surface area (Å²) in [7, 11) is 1.62. The summed E-state index contributed by atoms with van der Waals surface area (Å²) in [6.07, 6.45) is 5.88. The number of aliphatic carboxylic acids is 1. The zero-order chi connectivity index (χ0) is 17.9. The van der Waals surface area contributed by atoms with E-state index in [1.165, 1.54) is 11.1 Å². The lowest BCUT2D eigenvalue weighted by Crippen LogP contribution is -2.50. The molecule has 25 heavy (non-hydrogen) atoms. The van der Waals surface area contributed by atoms with Crippen LogP contribution in [0.3, 0.4) is 0 Å². The van der Waals surface area contributed by atoms with Gasteiger partial charge in [-0.1, -0.05) is 6.07 Å². The normalized spacial score (nSPS) is 22.7. The van der Waals surface area contributed by atoms with Gasteiger partial charge in [-0.15, -0.1) is 0 Å². The number of carboxylic acids is 1. The van der Waals surface area contributed by atoms with E-state index in [2.05, 4.69) is 6.07 Å². The third-order valence-electron chi connectivity index (χ3n) is 5.67. The zero-order valence-electron chi connectivity index (χ0n) is 14.9. The molecule has 1 heterocycles. The van der Waals surface area contributed by atoms with Crippen LogP contribution in [0.2, 0.25) is 0 Å². The highest BCUT2D eigenvalue weighted by atomic mass is 16.5. The minimum atomic E-state index is -0.844. The van der Waals surface area contributed by atoms with Gasteiger partial charge in [0.15, 0.2) is 0 Å². The molecule has 1 unspecified atom stereocenters. The number of piperidine rings is 1. The summed E-state index contributed by atoms with van der Waals surface area (Å²) in [4.78, 5) is 26.6. The van der Waals surface area contributed by atoms with Crippen LogP contribution in [0.1, 0.15) is 53.6 Å². The van der Waals surface area contributed by atoms with E-state index >= 15 is 0 Å². The monoisotopic (exact) mass is 345 g/mol. The standard InChI is InChI=1S/C20H27NO4/c1-25-12-4-10-20(19(23)24)9-3-11-21(14-20)18(22)17-8-7-15-5-2-6-16(15)13-17/h7-8,13H,2-6,9-12,14H2,1H3,(H,23,24). The Bertz CT molecular complexity index is 657. The molecule has 0 spiro atoms. The fourth-order valence-corrected chi connectivity index (χ4v) is 4.23. The van der Waals surface area contributed by atoms with Crippen molar-refractivity contribution in [1.29, 1.82) is 0 Å². The van der Waals surface area contributed by atoms with Crippen molar-refractivity contribution in [3.8, 4) is 0 Å². The first-order valence-corrected chi connectivity index (χ1v) is 9.19. The molecule has 1 N–H and O–H groups in total. The van der Waals surface area contributed by atoms with Gasteiger partial charge in [-0.05, 0) is 68.2 Å². The van der Waals surface area contributed by atoms with Crippen molar-refractivity contribution < 1.29 is 19.4 Å². The van der Waals surface area contributed by atoms with Crippen LogP contribution < -0.4 is 0 Å². The third kappa shape index (κ3) is 3.71. The molecule has 1 aliphatic carbocycles. The Morgan fingerprint density at radius 3 is 2.80 bits per heavy atom. The van der Waals surface area contributed by atoms with E-state index in [1.807, 2.05) is 12.1 Å². The van der Waals surface area contributed by atoms with Crippen LogP contribution in [-0.2, 0) is 22.4 Å². The molecule has 136 valence electrons. The number of fused-ring (bicyclic) bond motifs is 1. The Balaban J connectivity index is 1.75. The van der Waals surface area contributed by atoms with E-state index in [0.29, 0.717) is 44.5 Å². The number of aryl methyl sites for hydroxylation is 2. The molecule has 1 aromatic carbocycles. The van der Waals surface area contributed by atoms with Gasteiger partial charge in [-0.2, -0.15) is 0 Å². The van der Waals surface area contributed by atoms with Crippen molar-refractivity contribution in [3.63, 3.8) is 0 Å². The Labute approximate surface area is 149 Å². The first-order chi connectivity index (χ1) is 12.1. The van der Waals surface area contributed by atoms with Gasteiger partial charge in [-0.3, -0.25) is 9.59 Å². The quantitative estimate of drug-likeness (QED) is 0.805.